The van der Waals surface area contributed by atoms with E-state index in [1.165, 1.54) is 154 Å². The van der Waals surface area contributed by atoms with Gasteiger partial charge >= 0.3 is 19.8 Å². The van der Waals surface area contributed by atoms with Crippen molar-refractivity contribution in [3.05, 3.63) is 24.3 Å². The quantitative estimate of drug-likeness (QED) is 0.0233. The maximum atomic E-state index is 12.7. The van der Waals surface area contributed by atoms with E-state index in [1.807, 2.05) is 0 Å². The average molecular weight is 844 g/mol. The monoisotopic (exact) mass is 844 g/mol. The van der Waals surface area contributed by atoms with Gasteiger partial charge < -0.3 is 25.2 Å². The van der Waals surface area contributed by atoms with Gasteiger partial charge in [0.15, 0.2) is 0 Å². The number of esters is 1. The van der Waals surface area contributed by atoms with E-state index in [-0.39, 0.29) is 13.0 Å². The number of rotatable bonds is 46. The number of hydrogen-bond acceptors (Lipinski definition) is 8. The van der Waals surface area contributed by atoms with E-state index in [0.717, 1.165) is 44.9 Å². The third-order valence-electron chi connectivity index (χ3n) is 10.5. The molecule has 0 saturated heterocycles. The molecule has 0 aromatic carbocycles. The number of unbranched alkanes of at least 4 members (excludes halogenated alkanes) is 28. The Bertz CT molecular complexity index is 1020. The van der Waals surface area contributed by atoms with Crippen molar-refractivity contribution in [3.63, 3.8) is 0 Å². The van der Waals surface area contributed by atoms with Crippen LogP contribution in [0.5, 0.6) is 0 Å². The van der Waals surface area contributed by atoms with Gasteiger partial charge in [0, 0.05) is 13.0 Å². The minimum Gasteiger partial charge on any atom is -0.480 e. The fourth-order valence-electron chi connectivity index (χ4n) is 6.71. The lowest BCUT2D eigenvalue weighted by atomic mass is 10.1. The van der Waals surface area contributed by atoms with Gasteiger partial charge in [0.05, 0.1) is 19.8 Å². The first kappa shape index (κ1) is 56.5. The van der Waals surface area contributed by atoms with Gasteiger partial charge in [-0.05, 0) is 64.2 Å². The molecule has 58 heavy (non-hydrogen) atoms. The Morgan fingerprint density at radius 1 is 0.534 bits per heavy atom. The number of phosphoric acid groups is 1. The Hall–Kier alpha value is -1.55. The van der Waals surface area contributed by atoms with Gasteiger partial charge in [-0.3, -0.25) is 18.6 Å². The first-order valence-corrected chi connectivity index (χ1v) is 25.4. The second-order valence-electron chi connectivity index (χ2n) is 16.2. The van der Waals surface area contributed by atoms with E-state index in [4.69, 9.17) is 29.4 Å². The molecule has 10 nitrogen and oxygen atoms in total. The summed E-state index contributed by atoms with van der Waals surface area (Å²) in [5, 5.41) is 8.91. The molecule has 0 rings (SSSR count). The predicted octanol–water partition coefficient (Wildman–Crippen LogP) is 13.5. The third-order valence-corrected chi connectivity index (χ3v) is 11.4. The van der Waals surface area contributed by atoms with Crippen LogP contribution >= 0.6 is 7.82 Å². The fraction of sp³-hybridized carbons (Fsp3) is 0.872. The largest absolute Gasteiger partial charge is 0.480 e. The van der Waals surface area contributed by atoms with Crippen molar-refractivity contribution >= 4 is 19.8 Å². The minimum absolute atomic E-state index is 0.0160. The minimum atomic E-state index is -4.62. The highest BCUT2D eigenvalue weighted by Crippen LogP contribution is 2.43. The van der Waals surface area contributed by atoms with Gasteiger partial charge in [0.25, 0.3) is 0 Å². The van der Waals surface area contributed by atoms with Gasteiger partial charge in [-0.15, -0.1) is 0 Å². The molecule has 342 valence electrons. The summed E-state index contributed by atoms with van der Waals surface area (Å²) in [6.45, 7) is 3.89. The van der Waals surface area contributed by atoms with Crippen LogP contribution in [0.3, 0.4) is 0 Å². The zero-order valence-corrected chi connectivity index (χ0v) is 38.3. The lowest BCUT2D eigenvalue weighted by molar-refractivity contribution is -0.154. The maximum absolute atomic E-state index is 12.7. The van der Waals surface area contributed by atoms with Crippen LogP contribution in [0.25, 0.3) is 0 Å². The molecule has 0 aliphatic rings. The van der Waals surface area contributed by atoms with E-state index in [2.05, 4.69) is 38.2 Å². The van der Waals surface area contributed by atoms with Gasteiger partial charge in [0.2, 0.25) is 0 Å². The molecule has 0 fully saturated rings. The molecule has 0 radical (unpaired) electrons. The maximum Gasteiger partial charge on any atom is 0.472 e. The molecule has 3 atom stereocenters. The molecule has 0 amide bonds. The Morgan fingerprint density at radius 2 is 0.897 bits per heavy atom. The van der Waals surface area contributed by atoms with Gasteiger partial charge in [-0.25, -0.2) is 4.57 Å². The third kappa shape index (κ3) is 42.6. The number of phosphoric ester groups is 1. The Balaban J connectivity index is 4.18. The van der Waals surface area contributed by atoms with Crippen LogP contribution in [0.2, 0.25) is 0 Å². The number of carbonyl (C=O) groups excluding carboxylic acids is 1. The molecule has 0 spiro atoms. The number of allylic oxidation sites excluding steroid dienone is 4. The highest BCUT2D eigenvalue weighted by Gasteiger charge is 2.27. The summed E-state index contributed by atoms with van der Waals surface area (Å²) in [5.41, 5.74) is 5.36. The summed E-state index contributed by atoms with van der Waals surface area (Å²) in [6, 6.07) is -1.47. The molecular weight excluding hydrogens is 753 g/mol. The van der Waals surface area contributed by atoms with Crippen molar-refractivity contribution in [1.29, 1.82) is 0 Å². The van der Waals surface area contributed by atoms with Crippen LogP contribution in [0.1, 0.15) is 226 Å². The number of hydrogen-bond donors (Lipinski definition) is 3. The van der Waals surface area contributed by atoms with Crippen LogP contribution in [0, 0.1) is 0 Å². The summed E-state index contributed by atoms with van der Waals surface area (Å²) in [5.74, 6) is -1.78. The van der Waals surface area contributed by atoms with Gasteiger partial charge in [0.1, 0.15) is 12.1 Å². The Kier molecular flexibility index (Phi) is 42.4. The van der Waals surface area contributed by atoms with Crippen LogP contribution in [0.4, 0.5) is 0 Å². The zero-order valence-electron chi connectivity index (χ0n) is 37.4. The van der Waals surface area contributed by atoms with E-state index >= 15 is 0 Å². The summed E-state index contributed by atoms with van der Waals surface area (Å²) >= 11 is 0. The van der Waals surface area contributed by atoms with Crippen LogP contribution in [0.15, 0.2) is 24.3 Å². The molecule has 0 saturated carbocycles. The van der Waals surface area contributed by atoms with E-state index < -0.39 is 45.1 Å². The van der Waals surface area contributed by atoms with E-state index in [1.54, 1.807) is 0 Å². The molecule has 0 aliphatic carbocycles. The van der Waals surface area contributed by atoms with Crippen molar-refractivity contribution in [3.8, 4) is 0 Å². The van der Waals surface area contributed by atoms with Gasteiger partial charge in [-0.2, -0.15) is 0 Å². The number of carboxylic acids is 1. The standard InChI is InChI=1S/C47H90NO9P/c1-3-5-7-9-11-13-15-17-19-21-22-24-26-28-30-32-34-36-38-40-54-41-44(42-55-58(52,53)56-43-45(48)47(50)51)57-46(49)39-37-35-33-31-29-27-25-23-20-18-16-14-12-10-8-6-4-2/h18-21,44-45H,3-17,22-43,48H2,1-2H3,(H,50,51)(H,52,53)/b20-18-,21-19-. The number of aliphatic carboxylic acids is 1. The Labute approximate surface area is 355 Å². The summed E-state index contributed by atoms with van der Waals surface area (Å²) in [6.07, 6.45) is 48.0. The number of nitrogens with two attached hydrogens (primary N) is 1. The number of carboxylic acid groups (broad SMARTS) is 1. The zero-order chi connectivity index (χ0) is 42.6. The Morgan fingerprint density at radius 3 is 1.31 bits per heavy atom. The summed E-state index contributed by atoms with van der Waals surface area (Å²) in [4.78, 5) is 33.6. The van der Waals surface area contributed by atoms with Crippen LogP contribution in [-0.4, -0.2) is 60.5 Å². The number of ether oxygens (including phenoxy) is 2. The molecule has 0 aliphatic heterocycles. The highest BCUT2D eigenvalue weighted by atomic mass is 31.2. The average Bonchev–Trinajstić information content (AvgIpc) is 3.20. The normalized spacial score (nSPS) is 14.0. The van der Waals surface area contributed by atoms with Crippen LogP contribution in [-0.2, 0) is 32.7 Å². The van der Waals surface area contributed by atoms with E-state index in [0.29, 0.717) is 13.0 Å². The summed E-state index contributed by atoms with van der Waals surface area (Å²) < 4.78 is 33.4. The second-order valence-corrected chi connectivity index (χ2v) is 17.7. The van der Waals surface area contributed by atoms with Crippen molar-refractivity contribution in [1.82, 2.24) is 0 Å². The first-order chi connectivity index (χ1) is 28.2. The molecule has 0 aromatic heterocycles. The van der Waals surface area contributed by atoms with Crippen molar-refractivity contribution in [2.75, 3.05) is 26.4 Å². The van der Waals surface area contributed by atoms with Crippen molar-refractivity contribution < 1.29 is 42.7 Å². The lowest BCUT2D eigenvalue weighted by Gasteiger charge is -2.20. The molecular formula is C47H90NO9P. The molecule has 4 N–H and O–H groups in total. The first-order valence-electron chi connectivity index (χ1n) is 23.9. The molecule has 3 unspecified atom stereocenters. The number of carbonyl (C=O) groups is 2. The topological polar surface area (TPSA) is 155 Å². The SMILES string of the molecule is CCCCCCCC/C=C\CCCCCCCCCC(=O)OC(COCCCCCCCCCC/C=C\CCCCCCCCC)COP(=O)(O)OCC(N)C(=O)O. The lowest BCUT2D eigenvalue weighted by Crippen LogP contribution is -2.34. The van der Waals surface area contributed by atoms with E-state index in [9.17, 15) is 19.0 Å². The molecule has 0 heterocycles. The smallest absolute Gasteiger partial charge is 0.472 e. The fourth-order valence-corrected chi connectivity index (χ4v) is 7.49. The van der Waals surface area contributed by atoms with Gasteiger partial charge in [-0.1, -0.05) is 179 Å². The molecule has 0 aromatic rings. The molecule has 0 bridgehead atoms. The summed E-state index contributed by atoms with van der Waals surface area (Å²) in [7, 11) is -4.62. The predicted molar refractivity (Wildman–Crippen MR) is 240 cm³/mol. The second kappa shape index (κ2) is 43.5. The van der Waals surface area contributed by atoms with Crippen molar-refractivity contribution in [2.45, 2.75) is 238 Å². The highest BCUT2D eigenvalue weighted by molar-refractivity contribution is 7.47. The van der Waals surface area contributed by atoms with Crippen molar-refractivity contribution in [2.24, 2.45) is 5.73 Å². The molecule has 11 heteroatoms. The van der Waals surface area contributed by atoms with Crippen LogP contribution < -0.4 is 5.73 Å².